The van der Waals surface area contributed by atoms with Crippen LogP contribution in [0.3, 0.4) is 0 Å². The first-order chi connectivity index (χ1) is 17.9. The molecule has 4 rings (SSSR count). The van der Waals surface area contributed by atoms with Crippen LogP contribution in [0.15, 0.2) is 86.1 Å². The molecule has 2 heterocycles. The number of halogens is 1. The van der Waals surface area contributed by atoms with Gasteiger partial charge in [0.15, 0.2) is 0 Å². The van der Waals surface area contributed by atoms with Gasteiger partial charge in [-0.15, -0.1) is 4.68 Å². The molecule has 0 fully saturated rings. The van der Waals surface area contributed by atoms with Gasteiger partial charge in [0.1, 0.15) is 30.1 Å². The van der Waals surface area contributed by atoms with Crippen molar-refractivity contribution in [3.63, 3.8) is 0 Å². The van der Waals surface area contributed by atoms with E-state index < -0.39 is 0 Å². The summed E-state index contributed by atoms with van der Waals surface area (Å²) in [5.41, 5.74) is 5.61. The van der Waals surface area contributed by atoms with E-state index in [1.165, 1.54) is 11.3 Å². The highest BCUT2D eigenvalue weighted by atomic mass is 35.5. The van der Waals surface area contributed by atoms with Gasteiger partial charge in [-0.3, -0.25) is 0 Å². The zero-order valence-corrected chi connectivity index (χ0v) is 24.3. The smallest absolute Gasteiger partial charge is 0.429 e. The fourth-order valence-corrected chi connectivity index (χ4v) is 4.17. The van der Waals surface area contributed by atoms with Crippen LogP contribution in [0.25, 0.3) is 0 Å². The van der Waals surface area contributed by atoms with E-state index in [0.717, 1.165) is 39.6 Å². The maximum absolute atomic E-state index is 8.58. The topological polar surface area (TPSA) is 100 Å². The normalized spacial score (nSPS) is 10.3. The van der Waals surface area contributed by atoms with E-state index >= 15 is 0 Å². The predicted octanol–water partition coefficient (Wildman–Crippen LogP) is 3.43. The van der Waals surface area contributed by atoms with E-state index in [9.17, 15) is 0 Å². The van der Waals surface area contributed by atoms with Gasteiger partial charge >= 0.3 is 10.3 Å². The van der Waals surface area contributed by atoms with Crippen molar-refractivity contribution in [2.75, 3.05) is 37.5 Å². The second-order valence-electron chi connectivity index (χ2n) is 8.10. The summed E-state index contributed by atoms with van der Waals surface area (Å²) in [5, 5.41) is 33.0. The molecule has 39 heavy (non-hydrogen) atoms. The number of benzene rings is 2. The van der Waals surface area contributed by atoms with Crippen LogP contribution in [0, 0.1) is 11.3 Å². The number of nitriles is 1. The van der Waals surface area contributed by atoms with Crippen LogP contribution in [0.1, 0.15) is 13.8 Å². The minimum atomic E-state index is 0. The summed E-state index contributed by atoms with van der Waals surface area (Å²) in [6, 6.07) is 17.9. The van der Waals surface area contributed by atoms with Crippen molar-refractivity contribution in [2.45, 2.75) is 13.8 Å². The average molecular weight is 586 g/mol. The zero-order valence-electron chi connectivity index (χ0n) is 21.9. The van der Waals surface area contributed by atoms with Crippen molar-refractivity contribution in [3.05, 3.63) is 65.6 Å². The Kier molecular flexibility index (Phi) is 14.4. The highest BCUT2D eigenvalue weighted by Crippen LogP contribution is 2.23. The number of aromatic nitrogens is 3. The molecule has 10 nitrogen and oxygen atoms in total. The minimum Gasteiger partial charge on any atom is -1.00 e. The Morgan fingerprint density at radius 1 is 0.846 bits per heavy atom. The van der Waals surface area contributed by atoms with Crippen LogP contribution in [0.4, 0.5) is 33.0 Å². The molecule has 0 aliphatic carbocycles. The van der Waals surface area contributed by atoms with Crippen LogP contribution < -0.4 is 31.5 Å². The number of aryl methyl sites for hydroxylation is 2. The van der Waals surface area contributed by atoms with Crippen molar-refractivity contribution >= 4 is 55.7 Å². The third-order valence-corrected chi connectivity index (χ3v) is 6.73. The zero-order chi connectivity index (χ0) is 26.6. The molecule has 0 saturated carbocycles. The Hall–Kier alpha value is -3.79. The van der Waals surface area contributed by atoms with Crippen LogP contribution in [0.5, 0.6) is 0 Å². The summed E-state index contributed by atoms with van der Waals surface area (Å²) >= 11 is 3.01. The molecule has 0 aliphatic heterocycles. The van der Waals surface area contributed by atoms with Gasteiger partial charge in [-0.2, -0.15) is 5.26 Å². The molecule has 0 bridgehead atoms. The predicted molar refractivity (Wildman–Crippen MR) is 155 cm³/mol. The minimum absolute atomic E-state index is 0. The molecule has 2 aromatic carbocycles. The summed E-state index contributed by atoms with van der Waals surface area (Å²) in [5.74, 6) is 0. The fraction of sp³-hybridized carbons (Fsp3) is 0.308. The lowest BCUT2D eigenvalue weighted by Gasteiger charge is -2.17. The van der Waals surface area contributed by atoms with E-state index in [0.29, 0.717) is 6.42 Å². The Morgan fingerprint density at radius 2 is 1.41 bits per heavy atom. The van der Waals surface area contributed by atoms with Gasteiger partial charge in [-0.05, 0) is 81.4 Å². The van der Waals surface area contributed by atoms with Gasteiger partial charge in [0.05, 0.1) is 29.8 Å². The van der Waals surface area contributed by atoms with Crippen molar-refractivity contribution in [3.8, 4) is 6.07 Å². The van der Waals surface area contributed by atoms with Crippen LogP contribution in [-0.4, -0.2) is 32.8 Å². The van der Waals surface area contributed by atoms with Gasteiger partial charge in [-0.25, -0.2) is 4.57 Å². The lowest BCUT2D eigenvalue weighted by molar-refractivity contribution is -0.713. The van der Waals surface area contributed by atoms with E-state index in [1.807, 2.05) is 110 Å². The first kappa shape index (κ1) is 33.2. The molecule has 0 aliphatic rings. The fourth-order valence-electron chi connectivity index (χ4n) is 2.92. The number of hydrogen-bond donors (Lipinski definition) is 0. The van der Waals surface area contributed by atoms with Crippen molar-refractivity contribution < 1.29 is 21.7 Å². The summed E-state index contributed by atoms with van der Waals surface area (Å²) < 4.78 is 3.63. The van der Waals surface area contributed by atoms with E-state index in [4.69, 9.17) is 5.26 Å². The summed E-state index contributed by atoms with van der Waals surface area (Å²) in [7, 11) is 9.78. The first-order valence-electron chi connectivity index (χ1n) is 11.4. The number of nitrogens with zero attached hydrogens (tertiary/aromatic N) is 10. The van der Waals surface area contributed by atoms with Gasteiger partial charge < -0.3 is 22.2 Å². The van der Waals surface area contributed by atoms with Crippen molar-refractivity contribution in [1.29, 1.82) is 5.26 Å². The second-order valence-corrected chi connectivity index (χ2v) is 9.78. The third-order valence-electron chi connectivity index (χ3n) is 5.13. The molecule has 2 aromatic heterocycles. The average Bonchev–Trinajstić information content (AvgIpc) is 3.52. The Labute approximate surface area is 244 Å². The highest BCUT2D eigenvalue weighted by Gasteiger charge is 2.09. The molecule has 0 amide bonds. The van der Waals surface area contributed by atoms with Crippen molar-refractivity contribution in [1.82, 2.24) is 5.10 Å². The first-order valence-corrected chi connectivity index (χ1v) is 13.1. The Balaban J connectivity index is 0.000000375. The SMILES string of the molecule is C.CN(C)c1ccc(N=Nc2scn[n+]2C)cc1.CN(CCC#N)c1ccc(N=Nc2scc[n+]2C)cc1.[Cl-]. The molecule has 0 N–H and O–H groups in total. The van der Waals surface area contributed by atoms with Crippen LogP contribution in [0.2, 0.25) is 0 Å². The number of anilines is 2. The lowest BCUT2D eigenvalue weighted by atomic mass is 10.2. The molecular formula is C26H34ClN10S2+. The number of thiazole rings is 1. The van der Waals surface area contributed by atoms with Crippen LogP contribution >= 0.6 is 22.7 Å². The quantitative estimate of drug-likeness (QED) is 0.234. The standard InChI is InChI=1S/C14H16N5S.C11H14N5S.CH4.ClH/c1-18(9-3-8-15)13-6-4-12(5-7-13)16-17-14-19(2)10-11-20-14;1-15(2)10-6-4-9(5-7-10)13-14-11-16(3)12-8-17-11;;/h4-7,10-11H,3,9H2,1-2H3;4-8H,1-3H3;1H4;1H/q2*+1;;/p-1. The Bertz CT molecular complexity index is 1360. The number of rotatable bonds is 8. The summed E-state index contributed by atoms with van der Waals surface area (Å²) in [4.78, 5) is 4.09. The molecule has 0 radical (unpaired) electrons. The molecular weight excluding hydrogens is 552 g/mol. The van der Waals surface area contributed by atoms with E-state index in [2.05, 4.69) is 31.6 Å². The third kappa shape index (κ3) is 10.5. The molecule has 206 valence electrons. The summed E-state index contributed by atoms with van der Waals surface area (Å²) in [6.45, 7) is 0.725. The second kappa shape index (κ2) is 16.9. The van der Waals surface area contributed by atoms with Crippen molar-refractivity contribution in [2.24, 2.45) is 34.6 Å². The van der Waals surface area contributed by atoms with Gasteiger partial charge in [0.25, 0.3) is 0 Å². The van der Waals surface area contributed by atoms with E-state index in [1.54, 1.807) is 21.5 Å². The van der Waals surface area contributed by atoms with Gasteiger partial charge in [-0.1, -0.05) is 12.5 Å². The number of hydrogen-bond acceptors (Lipinski definition) is 10. The highest BCUT2D eigenvalue weighted by molar-refractivity contribution is 7.13. The summed E-state index contributed by atoms with van der Waals surface area (Å²) in [6.07, 6.45) is 2.47. The monoisotopic (exact) mass is 585 g/mol. The lowest BCUT2D eigenvalue weighted by Crippen LogP contribution is -3.00. The van der Waals surface area contributed by atoms with Crippen LogP contribution in [-0.2, 0) is 14.1 Å². The maximum Gasteiger partial charge on any atom is 0.429 e. The number of azo groups is 2. The molecule has 0 spiro atoms. The molecule has 0 unspecified atom stereocenters. The Morgan fingerprint density at radius 3 is 1.87 bits per heavy atom. The molecule has 4 aromatic rings. The molecule has 0 saturated heterocycles. The van der Waals surface area contributed by atoms with E-state index in [-0.39, 0.29) is 19.8 Å². The van der Waals surface area contributed by atoms with Gasteiger partial charge in [0.2, 0.25) is 0 Å². The largest absolute Gasteiger partial charge is 1.00 e. The maximum atomic E-state index is 8.58. The van der Waals surface area contributed by atoms with Gasteiger partial charge in [0, 0.05) is 44.4 Å². The molecule has 0 atom stereocenters. The molecule has 13 heteroatoms.